The summed E-state index contributed by atoms with van der Waals surface area (Å²) in [4.78, 5) is 16.8. The van der Waals surface area contributed by atoms with Crippen LogP contribution in [-0.4, -0.2) is 33.1 Å². The van der Waals surface area contributed by atoms with E-state index in [0.29, 0.717) is 18.9 Å². The predicted octanol–water partition coefficient (Wildman–Crippen LogP) is 4.02. The fourth-order valence-electron chi connectivity index (χ4n) is 3.74. The largest absolute Gasteiger partial charge is 0.378 e. The van der Waals surface area contributed by atoms with Crippen molar-refractivity contribution in [2.45, 2.75) is 32.7 Å². The van der Waals surface area contributed by atoms with Crippen molar-refractivity contribution in [1.82, 2.24) is 5.32 Å². The molecule has 0 radical (unpaired) electrons. The molecule has 0 bridgehead atoms. The van der Waals surface area contributed by atoms with E-state index >= 15 is 0 Å². The summed E-state index contributed by atoms with van der Waals surface area (Å²) in [5.74, 6) is 0.503. The lowest BCUT2D eigenvalue weighted by Gasteiger charge is -2.31. The highest BCUT2D eigenvalue weighted by Gasteiger charge is 2.27. The van der Waals surface area contributed by atoms with E-state index in [4.69, 9.17) is 0 Å². The molecular formula is C23H31N3O. The Balaban J connectivity index is 1.84. The molecule has 1 atom stereocenters. The van der Waals surface area contributed by atoms with Crippen molar-refractivity contribution in [3.05, 3.63) is 59.7 Å². The van der Waals surface area contributed by atoms with E-state index in [1.54, 1.807) is 0 Å². The van der Waals surface area contributed by atoms with Crippen LogP contribution in [0.4, 0.5) is 11.4 Å². The normalized spacial score (nSPS) is 14.2. The standard InChI is InChI=1S/C23H31N3O/c1-17(2)15-23(27)24-16-22(19-9-11-20(12-10-19)25(3)4)26-14-13-18-7-5-6-8-21(18)26/h5-12,17,22H,13-16H2,1-4H3,(H,24,27). The molecule has 3 rings (SSSR count). The van der Waals surface area contributed by atoms with Crippen molar-refractivity contribution in [2.75, 3.05) is 37.0 Å². The molecular weight excluding hydrogens is 334 g/mol. The first-order valence-electron chi connectivity index (χ1n) is 9.84. The van der Waals surface area contributed by atoms with Gasteiger partial charge in [-0.1, -0.05) is 44.2 Å². The van der Waals surface area contributed by atoms with Crippen LogP contribution in [-0.2, 0) is 11.2 Å². The Morgan fingerprint density at radius 2 is 1.81 bits per heavy atom. The number of hydrogen-bond donors (Lipinski definition) is 1. The van der Waals surface area contributed by atoms with E-state index in [0.717, 1.165) is 13.0 Å². The zero-order valence-corrected chi connectivity index (χ0v) is 16.9. The number of carbonyl (C=O) groups is 1. The SMILES string of the molecule is CC(C)CC(=O)NCC(c1ccc(N(C)C)cc1)N1CCc2ccccc21. The van der Waals surface area contributed by atoms with Gasteiger partial charge in [0, 0.05) is 45.0 Å². The van der Waals surface area contributed by atoms with Crippen LogP contribution in [0.2, 0.25) is 0 Å². The highest BCUT2D eigenvalue weighted by molar-refractivity contribution is 5.76. The summed E-state index contributed by atoms with van der Waals surface area (Å²) in [6.07, 6.45) is 1.63. The summed E-state index contributed by atoms with van der Waals surface area (Å²) in [6, 6.07) is 17.4. The third-order valence-corrected chi connectivity index (χ3v) is 5.18. The lowest BCUT2D eigenvalue weighted by molar-refractivity contribution is -0.121. The Labute approximate surface area is 163 Å². The van der Waals surface area contributed by atoms with Crippen molar-refractivity contribution in [3.8, 4) is 0 Å². The minimum Gasteiger partial charge on any atom is -0.378 e. The summed E-state index contributed by atoms with van der Waals surface area (Å²) in [7, 11) is 4.10. The van der Waals surface area contributed by atoms with E-state index < -0.39 is 0 Å². The molecule has 1 amide bonds. The summed E-state index contributed by atoms with van der Waals surface area (Å²) in [6.45, 7) is 5.77. The summed E-state index contributed by atoms with van der Waals surface area (Å²) >= 11 is 0. The van der Waals surface area contributed by atoms with E-state index in [1.165, 1.54) is 22.5 Å². The molecule has 144 valence electrons. The van der Waals surface area contributed by atoms with Crippen LogP contribution in [0.25, 0.3) is 0 Å². The van der Waals surface area contributed by atoms with Gasteiger partial charge in [-0.2, -0.15) is 0 Å². The number of anilines is 2. The minimum atomic E-state index is 0.132. The number of hydrogen-bond acceptors (Lipinski definition) is 3. The van der Waals surface area contributed by atoms with Crippen LogP contribution in [0.5, 0.6) is 0 Å². The average molecular weight is 366 g/mol. The molecule has 27 heavy (non-hydrogen) atoms. The molecule has 0 fully saturated rings. The van der Waals surface area contributed by atoms with E-state index in [1.807, 2.05) is 0 Å². The maximum Gasteiger partial charge on any atom is 0.220 e. The molecule has 0 spiro atoms. The quantitative estimate of drug-likeness (QED) is 0.805. The van der Waals surface area contributed by atoms with Gasteiger partial charge in [0.15, 0.2) is 0 Å². The highest BCUT2D eigenvalue weighted by Crippen LogP contribution is 2.35. The maximum absolute atomic E-state index is 12.3. The minimum absolute atomic E-state index is 0.132. The molecule has 1 aliphatic rings. The average Bonchev–Trinajstić information content (AvgIpc) is 3.06. The fraction of sp³-hybridized carbons (Fsp3) is 0.435. The molecule has 4 heteroatoms. The van der Waals surface area contributed by atoms with Crippen molar-refractivity contribution < 1.29 is 4.79 Å². The molecule has 0 aromatic heterocycles. The van der Waals surface area contributed by atoms with E-state index in [9.17, 15) is 4.79 Å². The first kappa shape index (κ1) is 19.3. The van der Waals surface area contributed by atoms with Gasteiger partial charge in [0.25, 0.3) is 0 Å². The van der Waals surface area contributed by atoms with E-state index in [-0.39, 0.29) is 11.9 Å². The van der Waals surface area contributed by atoms with Crippen LogP contribution in [0.3, 0.4) is 0 Å². The first-order chi connectivity index (χ1) is 13.0. The highest BCUT2D eigenvalue weighted by atomic mass is 16.1. The molecule has 4 nitrogen and oxygen atoms in total. The smallest absolute Gasteiger partial charge is 0.220 e. The van der Waals surface area contributed by atoms with Crippen molar-refractivity contribution >= 4 is 17.3 Å². The topological polar surface area (TPSA) is 35.6 Å². The summed E-state index contributed by atoms with van der Waals surface area (Å²) in [5, 5.41) is 3.17. The zero-order chi connectivity index (χ0) is 19.4. The predicted molar refractivity (Wildman–Crippen MR) is 113 cm³/mol. The number of benzene rings is 2. The van der Waals surface area contributed by atoms with Crippen LogP contribution < -0.4 is 15.1 Å². The number of nitrogens with zero attached hydrogens (tertiary/aromatic N) is 2. The lowest BCUT2D eigenvalue weighted by Crippen LogP contribution is -2.37. The Morgan fingerprint density at radius 3 is 2.48 bits per heavy atom. The van der Waals surface area contributed by atoms with Crippen LogP contribution in [0.1, 0.15) is 37.4 Å². The molecule has 2 aromatic rings. The third kappa shape index (κ3) is 4.62. The van der Waals surface area contributed by atoms with Gasteiger partial charge in [0.05, 0.1) is 6.04 Å². The molecule has 1 N–H and O–H groups in total. The fourth-order valence-corrected chi connectivity index (χ4v) is 3.74. The van der Waals surface area contributed by atoms with Gasteiger partial charge in [-0.15, -0.1) is 0 Å². The number of nitrogens with one attached hydrogen (secondary N) is 1. The van der Waals surface area contributed by atoms with Crippen LogP contribution >= 0.6 is 0 Å². The number of amides is 1. The molecule has 2 aromatic carbocycles. The number of fused-ring (bicyclic) bond motifs is 1. The number of rotatable bonds is 7. The second-order valence-corrected chi connectivity index (χ2v) is 7.98. The van der Waals surface area contributed by atoms with Gasteiger partial charge >= 0.3 is 0 Å². The van der Waals surface area contributed by atoms with Gasteiger partial charge in [-0.25, -0.2) is 0 Å². The molecule has 1 heterocycles. The second-order valence-electron chi connectivity index (χ2n) is 7.98. The maximum atomic E-state index is 12.3. The van der Waals surface area contributed by atoms with Crippen LogP contribution in [0, 0.1) is 5.92 Å². The van der Waals surface area contributed by atoms with Crippen molar-refractivity contribution in [2.24, 2.45) is 5.92 Å². The summed E-state index contributed by atoms with van der Waals surface area (Å²) < 4.78 is 0. The third-order valence-electron chi connectivity index (χ3n) is 5.18. The van der Waals surface area contributed by atoms with Gasteiger partial charge in [-0.05, 0) is 41.7 Å². The van der Waals surface area contributed by atoms with Gasteiger partial charge in [0.2, 0.25) is 5.91 Å². The van der Waals surface area contributed by atoms with Crippen molar-refractivity contribution in [3.63, 3.8) is 0 Å². The van der Waals surface area contributed by atoms with Gasteiger partial charge < -0.3 is 15.1 Å². The molecule has 1 aliphatic heterocycles. The monoisotopic (exact) mass is 365 g/mol. The molecule has 0 aliphatic carbocycles. The van der Waals surface area contributed by atoms with Gasteiger partial charge in [0.1, 0.15) is 0 Å². The van der Waals surface area contributed by atoms with Crippen molar-refractivity contribution in [1.29, 1.82) is 0 Å². The summed E-state index contributed by atoms with van der Waals surface area (Å²) in [5.41, 5.74) is 5.10. The molecule has 0 saturated heterocycles. The van der Waals surface area contributed by atoms with E-state index in [2.05, 4.69) is 91.6 Å². The first-order valence-corrected chi connectivity index (χ1v) is 9.84. The molecule has 1 unspecified atom stereocenters. The Hall–Kier alpha value is -2.49. The van der Waals surface area contributed by atoms with Crippen LogP contribution in [0.15, 0.2) is 48.5 Å². The Bertz CT molecular complexity index is 767. The Kier molecular flexibility index (Phi) is 6.04. The molecule has 0 saturated carbocycles. The Morgan fingerprint density at radius 1 is 1.11 bits per heavy atom. The zero-order valence-electron chi connectivity index (χ0n) is 16.9. The van der Waals surface area contributed by atoms with Gasteiger partial charge in [-0.3, -0.25) is 4.79 Å². The number of carbonyl (C=O) groups excluding carboxylic acids is 1. The lowest BCUT2D eigenvalue weighted by atomic mass is 10.0. The number of para-hydroxylation sites is 1. The second kappa shape index (κ2) is 8.47.